The van der Waals surface area contributed by atoms with Gasteiger partial charge in [-0.1, -0.05) is 39.7 Å². The van der Waals surface area contributed by atoms with E-state index < -0.39 is 23.5 Å². The largest absolute Gasteiger partial charge is 0.503 e. The molecule has 0 saturated heterocycles. The van der Waals surface area contributed by atoms with Crippen LogP contribution < -0.4 is 4.90 Å². The van der Waals surface area contributed by atoms with Crippen LogP contribution in [0.5, 0.6) is 0 Å². The lowest BCUT2D eigenvalue weighted by Gasteiger charge is -2.24. The standard InChI is InChI=1S/C20H12BrClN2O3S/c21-13-5-1-11(2-6-13)16-15(17(25)12-3-7-14(22)8-4-12)18(26)19(27)24(16)20-23-9-10-28-20/h1-10,16,26H. The van der Waals surface area contributed by atoms with Gasteiger partial charge in [0.1, 0.15) is 0 Å². The second-order valence-electron chi connectivity index (χ2n) is 6.04. The van der Waals surface area contributed by atoms with Gasteiger partial charge >= 0.3 is 0 Å². The van der Waals surface area contributed by atoms with Crippen molar-refractivity contribution >= 4 is 55.7 Å². The molecule has 8 heteroatoms. The number of amides is 1. The van der Waals surface area contributed by atoms with Crippen LogP contribution in [0.1, 0.15) is 22.0 Å². The topological polar surface area (TPSA) is 70.5 Å². The van der Waals surface area contributed by atoms with E-state index in [-0.39, 0.29) is 5.57 Å². The molecule has 1 aliphatic heterocycles. The van der Waals surface area contributed by atoms with Crippen LogP contribution >= 0.6 is 38.9 Å². The third-order valence-electron chi connectivity index (χ3n) is 4.37. The third-order valence-corrected chi connectivity index (χ3v) is 5.92. The predicted molar refractivity (Wildman–Crippen MR) is 112 cm³/mol. The van der Waals surface area contributed by atoms with Gasteiger partial charge in [-0.2, -0.15) is 0 Å². The van der Waals surface area contributed by atoms with Gasteiger partial charge in [0.2, 0.25) is 0 Å². The molecular formula is C20H12BrClN2O3S. The van der Waals surface area contributed by atoms with Crippen molar-refractivity contribution in [3.05, 3.63) is 92.1 Å². The average Bonchev–Trinajstić information content (AvgIpc) is 3.30. The Hall–Kier alpha value is -2.48. The molecule has 1 amide bonds. The highest BCUT2D eigenvalue weighted by Crippen LogP contribution is 2.42. The van der Waals surface area contributed by atoms with Crippen LogP contribution in [-0.2, 0) is 4.79 Å². The fourth-order valence-electron chi connectivity index (χ4n) is 3.09. The van der Waals surface area contributed by atoms with Crippen molar-refractivity contribution in [2.45, 2.75) is 6.04 Å². The smallest absolute Gasteiger partial charge is 0.296 e. The lowest BCUT2D eigenvalue weighted by Crippen LogP contribution is -2.30. The van der Waals surface area contributed by atoms with Crippen molar-refractivity contribution in [3.63, 3.8) is 0 Å². The summed E-state index contributed by atoms with van der Waals surface area (Å²) in [5.41, 5.74) is 1.04. The Labute approximate surface area is 178 Å². The lowest BCUT2D eigenvalue weighted by molar-refractivity contribution is -0.117. The van der Waals surface area contributed by atoms with E-state index >= 15 is 0 Å². The molecule has 5 nitrogen and oxygen atoms in total. The minimum absolute atomic E-state index is 0.0184. The number of carbonyl (C=O) groups is 2. The number of thiazole rings is 1. The first-order valence-electron chi connectivity index (χ1n) is 8.19. The minimum atomic E-state index is -0.782. The highest BCUT2D eigenvalue weighted by atomic mass is 79.9. The predicted octanol–water partition coefficient (Wildman–Crippen LogP) is 5.34. The van der Waals surface area contributed by atoms with Gasteiger partial charge in [-0.05, 0) is 42.0 Å². The number of benzene rings is 2. The van der Waals surface area contributed by atoms with Gasteiger partial charge in [-0.25, -0.2) is 4.98 Å². The maximum absolute atomic E-state index is 13.2. The number of hydrogen-bond acceptors (Lipinski definition) is 5. The number of aliphatic hydroxyl groups is 1. The summed E-state index contributed by atoms with van der Waals surface area (Å²) in [5, 5.41) is 13.2. The van der Waals surface area contributed by atoms with Gasteiger partial charge in [0.15, 0.2) is 16.7 Å². The number of hydrogen-bond donors (Lipinski definition) is 1. The molecule has 2 aromatic carbocycles. The van der Waals surface area contributed by atoms with Gasteiger partial charge in [0, 0.05) is 26.6 Å². The SMILES string of the molecule is O=C(C1=C(O)C(=O)N(c2nccs2)C1c1ccc(Br)cc1)c1ccc(Cl)cc1. The van der Waals surface area contributed by atoms with Crippen molar-refractivity contribution in [2.75, 3.05) is 4.90 Å². The lowest BCUT2D eigenvalue weighted by atomic mass is 9.93. The molecule has 1 aromatic heterocycles. The molecule has 1 unspecified atom stereocenters. The molecule has 3 aromatic rings. The molecule has 0 spiro atoms. The van der Waals surface area contributed by atoms with Crippen LogP contribution in [0.25, 0.3) is 0 Å². The fraction of sp³-hybridized carbons (Fsp3) is 0.0500. The number of aliphatic hydroxyl groups excluding tert-OH is 1. The molecule has 4 rings (SSSR count). The zero-order valence-electron chi connectivity index (χ0n) is 14.2. The van der Waals surface area contributed by atoms with Crippen molar-refractivity contribution in [1.29, 1.82) is 0 Å². The summed E-state index contributed by atoms with van der Waals surface area (Å²) in [6.07, 6.45) is 1.57. The second-order valence-corrected chi connectivity index (χ2v) is 8.27. The Morgan fingerprint density at radius 3 is 2.43 bits per heavy atom. The Balaban J connectivity index is 1.86. The van der Waals surface area contributed by atoms with Crippen molar-refractivity contribution in [1.82, 2.24) is 4.98 Å². The van der Waals surface area contributed by atoms with E-state index in [1.54, 1.807) is 48.0 Å². The van der Waals surface area contributed by atoms with E-state index in [4.69, 9.17) is 11.6 Å². The Bertz CT molecular complexity index is 1080. The van der Waals surface area contributed by atoms with E-state index in [1.807, 2.05) is 12.1 Å². The summed E-state index contributed by atoms with van der Waals surface area (Å²) in [4.78, 5) is 31.6. The molecule has 0 fully saturated rings. The van der Waals surface area contributed by atoms with Crippen LogP contribution in [0.3, 0.4) is 0 Å². The second kappa shape index (κ2) is 7.50. The van der Waals surface area contributed by atoms with Crippen LogP contribution in [0.15, 0.2) is 75.9 Å². The normalized spacial score (nSPS) is 16.7. The highest BCUT2D eigenvalue weighted by Gasteiger charge is 2.45. The number of nitrogens with zero attached hydrogens (tertiary/aromatic N) is 2. The van der Waals surface area contributed by atoms with Crippen LogP contribution in [0, 0.1) is 0 Å². The molecule has 0 saturated carbocycles. The summed E-state index contributed by atoms with van der Waals surface area (Å²) >= 11 is 10.6. The van der Waals surface area contributed by atoms with E-state index in [1.165, 1.54) is 16.2 Å². The minimum Gasteiger partial charge on any atom is -0.503 e. The summed E-state index contributed by atoms with van der Waals surface area (Å²) in [5.74, 6) is -1.65. The molecule has 0 radical (unpaired) electrons. The van der Waals surface area contributed by atoms with E-state index in [0.717, 1.165) is 4.47 Å². The van der Waals surface area contributed by atoms with E-state index in [9.17, 15) is 14.7 Å². The monoisotopic (exact) mass is 474 g/mol. The van der Waals surface area contributed by atoms with E-state index in [2.05, 4.69) is 20.9 Å². The molecule has 0 bridgehead atoms. The van der Waals surface area contributed by atoms with Crippen molar-refractivity contribution < 1.29 is 14.7 Å². The number of anilines is 1. The number of rotatable bonds is 4. The summed E-state index contributed by atoms with van der Waals surface area (Å²) < 4.78 is 0.861. The number of aromatic nitrogens is 1. The Kier molecular flexibility index (Phi) is 5.05. The molecule has 140 valence electrons. The van der Waals surface area contributed by atoms with Crippen molar-refractivity contribution in [2.24, 2.45) is 0 Å². The first kappa shape index (κ1) is 18.9. The first-order chi connectivity index (χ1) is 13.5. The molecule has 1 aliphatic rings. The first-order valence-corrected chi connectivity index (χ1v) is 10.2. The van der Waals surface area contributed by atoms with Crippen LogP contribution in [-0.4, -0.2) is 21.8 Å². The zero-order chi connectivity index (χ0) is 19.8. The van der Waals surface area contributed by atoms with Gasteiger partial charge in [0.05, 0.1) is 11.6 Å². The highest BCUT2D eigenvalue weighted by molar-refractivity contribution is 9.10. The number of carbonyl (C=O) groups excluding carboxylic acids is 2. The van der Waals surface area contributed by atoms with Crippen LogP contribution in [0.4, 0.5) is 5.13 Å². The van der Waals surface area contributed by atoms with Gasteiger partial charge in [-0.3, -0.25) is 14.5 Å². The van der Waals surface area contributed by atoms with Crippen molar-refractivity contribution in [3.8, 4) is 0 Å². The fourth-order valence-corrected chi connectivity index (χ4v) is 4.14. The Morgan fingerprint density at radius 1 is 1.14 bits per heavy atom. The molecule has 2 heterocycles. The Morgan fingerprint density at radius 2 is 1.82 bits per heavy atom. The van der Waals surface area contributed by atoms with Gasteiger partial charge in [-0.15, -0.1) is 11.3 Å². The molecule has 0 aliphatic carbocycles. The zero-order valence-corrected chi connectivity index (χ0v) is 17.3. The maximum Gasteiger partial charge on any atom is 0.296 e. The number of Topliss-reactive ketones (excluding diaryl/α,β-unsaturated/α-hetero) is 1. The molecular weight excluding hydrogens is 464 g/mol. The van der Waals surface area contributed by atoms with E-state index in [0.29, 0.717) is 21.3 Å². The summed E-state index contributed by atoms with van der Waals surface area (Å²) in [6, 6.07) is 12.8. The quantitative estimate of drug-likeness (QED) is 0.517. The summed E-state index contributed by atoms with van der Waals surface area (Å²) in [7, 11) is 0. The number of ketones is 1. The summed E-state index contributed by atoms with van der Waals surface area (Å²) in [6.45, 7) is 0. The number of halogens is 2. The maximum atomic E-state index is 13.2. The third kappa shape index (κ3) is 3.26. The molecule has 1 atom stereocenters. The molecule has 1 N–H and O–H groups in total. The van der Waals surface area contributed by atoms with Gasteiger partial charge < -0.3 is 5.11 Å². The molecule has 28 heavy (non-hydrogen) atoms. The van der Waals surface area contributed by atoms with Crippen LogP contribution in [0.2, 0.25) is 5.02 Å². The van der Waals surface area contributed by atoms with Gasteiger partial charge in [0.25, 0.3) is 5.91 Å². The average molecular weight is 476 g/mol.